The summed E-state index contributed by atoms with van der Waals surface area (Å²) in [5.74, 6) is 0.0275. The first kappa shape index (κ1) is 15.5. The van der Waals surface area contributed by atoms with Gasteiger partial charge in [0.2, 0.25) is 0 Å². The molecule has 1 aliphatic rings. The van der Waals surface area contributed by atoms with Crippen LogP contribution in [-0.4, -0.2) is 12.1 Å². The molecule has 0 heterocycles. The van der Waals surface area contributed by atoms with Crippen LogP contribution in [0.3, 0.4) is 0 Å². The number of ether oxygens (including phenoxy) is 1. The van der Waals surface area contributed by atoms with Gasteiger partial charge in [0.25, 0.3) is 0 Å². The number of hydrogen-bond acceptors (Lipinski definition) is 2. The molecule has 105 valence electrons. The van der Waals surface area contributed by atoms with Gasteiger partial charge in [0.15, 0.2) is 0 Å². The van der Waals surface area contributed by atoms with Gasteiger partial charge in [-0.15, -0.1) is 0 Å². The second-order valence-corrected chi connectivity index (χ2v) is 5.47. The monoisotopic (exact) mass is 253 g/mol. The molecule has 0 aromatic rings. The zero-order chi connectivity index (χ0) is 13.1. The Morgan fingerprint density at radius 2 is 1.56 bits per heavy atom. The maximum Gasteiger partial charge on any atom is 0.306 e. The Morgan fingerprint density at radius 3 is 2.22 bits per heavy atom. The van der Waals surface area contributed by atoms with Gasteiger partial charge in [-0.05, 0) is 32.1 Å². The predicted octanol–water partition coefficient (Wildman–Crippen LogP) is 4.82. The summed E-state index contributed by atoms with van der Waals surface area (Å²) < 4.78 is 5.49. The minimum atomic E-state index is 0.0275. The van der Waals surface area contributed by atoms with Gasteiger partial charge >= 0.3 is 5.97 Å². The van der Waals surface area contributed by atoms with Crippen LogP contribution in [0, 0.1) is 6.92 Å². The Bertz CT molecular complexity index is 207. The molecule has 0 amide bonds. The molecule has 1 aliphatic carbocycles. The minimum Gasteiger partial charge on any atom is -0.462 e. The van der Waals surface area contributed by atoms with Crippen molar-refractivity contribution in [2.45, 2.75) is 89.6 Å². The molecule has 0 aliphatic heterocycles. The van der Waals surface area contributed by atoms with E-state index in [9.17, 15) is 4.79 Å². The third-order valence-corrected chi connectivity index (χ3v) is 3.73. The number of carbonyl (C=O) groups excluding carboxylic acids is 1. The standard InChI is InChI=1S/C16H29O2/c1-2-3-4-5-6-7-11-14-16(17)18-15-12-9-8-10-13-15/h15H,1-14H2. The van der Waals surface area contributed by atoms with Gasteiger partial charge in [-0.1, -0.05) is 51.9 Å². The van der Waals surface area contributed by atoms with E-state index >= 15 is 0 Å². The van der Waals surface area contributed by atoms with E-state index in [0.29, 0.717) is 6.42 Å². The van der Waals surface area contributed by atoms with E-state index in [2.05, 4.69) is 6.92 Å². The summed E-state index contributed by atoms with van der Waals surface area (Å²) in [6.07, 6.45) is 15.0. The summed E-state index contributed by atoms with van der Waals surface area (Å²) in [6.45, 7) is 3.84. The fraction of sp³-hybridized carbons (Fsp3) is 0.875. The Kier molecular flexibility index (Phi) is 8.97. The van der Waals surface area contributed by atoms with Crippen LogP contribution in [0.5, 0.6) is 0 Å². The van der Waals surface area contributed by atoms with Crippen molar-refractivity contribution in [1.29, 1.82) is 0 Å². The highest BCUT2D eigenvalue weighted by Gasteiger charge is 2.17. The molecule has 0 saturated heterocycles. The quantitative estimate of drug-likeness (QED) is 0.435. The lowest BCUT2D eigenvalue weighted by Gasteiger charge is -2.21. The van der Waals surface area contributed by atoms with Gasteiger partial charge in [0.05, 0.1) is 0 Å². The fourth-order valence-electron chi connectivity index (χ4n) is 2.58. The van der Waals surface area contributed by atoms with Gasteiger partial charge in [-0.25, -0.2) is 0 Å². The highest BCUT2D eigenvalue weighted by atomic mass is 16.5. The molecule has 0 spiro atoms. The third kappa shape index (κ3) is 7.73. The molecule has 1 rings (SSSR count). The van der Waals surface area contributed by atoms with Crippen molar-refractivity contribution in [2.24, 2.45) is 0 Å². The molecule has 0 aromatic carbocycles. The van der Waals surface area contributed by atoms with E-state index < -0.39 is 0 Å². The normalized spacial score (nSPS) is 16.7. The van der Waals surface area contributed by atoms with Crippen LogP contribution in [0.4, 0.5) is 0 Å². The first-order chi connectivity index (χ1) is 8.83. The van der Waals surface area contributed by atoms with Crippen molar-refractivity contribution >= 4 is 5.97 Å². The average Bonchev–Trinajstić information content (AvgIpc) is 2.39. The van der Waals surface area contributed by atoms with Crippen LogP contribution >= 0.6 is 0 Å². The Hall–Kier alpha value is -0.530. The first-order valence-corrected chi connectivity index (χ1v) is 7.81. The van der Waals surface area contributed by atoms with Crippen LogP contribution in [0.1, 0.15) is 83.5 Å². The van der Waals surface area contributed by atoms with E-state index in [1.807, 2.05) is 0 Å². The summed E-state index contributed by atoms with van der Waals surface area (Å²) in [5.41, 5.74) is 0. The number of unbranched alkanes of at least 4 members (excludes halogenated alkanes) is 6. The van der Waals surface area contributed by atoms with E-state index in [1.54, 1.807) is 0 Å². The topological polar surface area (TPSA) is 26.3 Å². The first-order valence-electron chi connectivity index (χ1n) is 7.81. The van der Waals surface area contributed by atoms with Crippen LogP contribution in [0.2, 0.25) is 0 Å². The Balaban J connectivity index is 1.90. The maximum atomic E-state index is 11.6. The second-order valence-electron chi connectivity index (χ2n) is 5.47. The smallest absolute Gasteiger partial charge is 0.306 e. The average molecular weight is 253 g/mol. The summed E-state index contributed by atoms with van der Waals surface area (Å²) >= 11 is 0. The minimum absolute atomic E-state index is 0.0275. The molecule has 0 atom stereocenters. The van der Waals surface area contributed by atoms with Gasteiger partial charge in [-0.3, -0.25) is 4.79 Å². The molecule has 0 aromatic heterocycles. The van der Waals surface area contributed by atoms with E-state index in [4.69, 9.17) is 4.74 Å². The van der Waals surface area contributed by atoms with Crippen LogP contribution in [-0.2, 0) is 9.53 Å². The largest absolute Gasteiger partial charge is 0.462 e. The molecule has 0 bridgehead atoms. The summed E-state index contributed by atoms with van der Waals surface area (Å²) in [5, 5.41) is 0. The summed E-state index contributed by atoms with van der Waals surface area (Å²) in [6, 6.07) is 0. The zero-order valence-electron chi connectivity index (χ0n) is 11.8. The number of rotatable bonds is 9. The lowest BCUT2D eigenvalue weighted by atomic mass is 9.98. The Labute approximate surface area is 112 Å². The van der Waals surface area contributed by atoms with Crippen molar-refractivity contribution in [3.63, 3.8) is 0 Å². The maximum absolute atomic E-state index is 11.6. The lowest BCUT2D eigenvalue weighted by molar-refractivity contribution is -0.150. The second kappa shape index (κ2) is 10.4. The Morgan fingerprint density at radius 1 is 0.944 bits per heavy atom. The van der Waals surface area contributed by atoms with E-state index in [-0.39, 0.29) is 12.1 Å². The lowest BCUT2D eigenvalue weighted by Crippen LogP contribution is -2.20. The molecular formula is C16H29O2. The number of carbonyl (C=O) groups is 1. The molecule has 0 N–H and O–H groups in total. The van der Waals surface area contributed by atoms with Crippen molar-refractivity contribution in [1.82, 2.24) is 0 Å². The van der Waals surface area contributed by atoms with Gasteiger partial charge in [0, 0.05) is 6.42 Å². The highest BCUT2D eigenvalue weighted by Crippen LogP contribution is 2.21. The van der Waals surface area contributed by atoms with E-state index in [0.717, 1.165) is 32.1 Å². The molecule has 1 radical (unpaired) electrons. The fourth-order valence-corrected chi connectivity index (χ4v) is 2.58. The molecule has 0 unspecified atom stereocenters. The van der Waals surface area contributed by atoms with Crippen LogP contribution < -0.4 is 0 Å². The van der Waals surface area contributed by atoms with Gasteiger partial charge in [0.1, 0.15) is 6.10 Å². The summed E-state index contributed by atoms with van der Waals surface area (Å²) in [7, 11) is 0. The molecule has 2 nitrogen and oxygen atoms in total. The van der Waals surface area contributed by atoms with Crippen molar-refractivity contribution in [3.05, 3.63) is 6.92 Å². The van der Waals surface area contributed by atoms with Crippen LogP contribution in [0.15, 0.2) is 0 Å². The molecule has 2 heteroatoms. The SMILES string of the molecule is [CH2]CCCCCCCCC(=O)OC1CCCCC1. The molecular weight excluding hydrogens is 224 g/mol. The number of hydrogen-bond donors (Lipinski definition) is 0. The van der Waals surface area contributed by atoms with E-state index in [1.165, 1.54) is 44.9 Å². The van der Waals surface area contributed by atoms with Crippen molar-refractivity contribution in [2.75, 3.05) is 0 Å². The van der Waals surface area contributed by atoms with Crippen LogP contribution in [0.25, 0.3) is 0 Å². The third-order valence-electron chi connectivity index (χ3n) is 3.73. The van der Waals surface area contributed by atoms with Gasteiger partial charge < -0.3 is 4.74 Å². The predicted molar refractivity (Wildman–Crippen MR) is 75.3 cm³/mol. The van der Waals surface area contributed by atoms with Crippen molar-refractivity contribution < 1.29 is 9.53 Å². The molecule has 1 saturated carbocycles. The molecule has 18 heavy (non-hydrogen) atoms. The number of esters is 1. The van der Waals surface area contributed by atoms with Gasteiger partial charge in [-0.2, -0.15) is 0 Å². The zero-order valence-corrected chi connectivity index (χ0v) is 11.8. The van der Waals surface area contributed by atoms with Crippen molar-refractivity contribution in [3.8, 4) is 0 Å². The summed E-state index contributed by atoms with van der Waals surface area (Å²) in [4.78, 5) is 11.6. The molecule has 1 fully saturated rings. The highest BCUT2D eigenvalue weighted by molar-refractivity contribution is 5.69.